The first-order chi connectivity index (χ1) is 8.28. The molecule has 0 fully saturated rings. The molecule has 0 atom stereocenters. The second kappa shape index (κ2) is 5.38. The lowest BCUT2D eigenvalue weighted by molar-refractivity contribution is 0.379. The fourth-order valence-corrected chi connectivity index (χ4v) is 1.48. The van der Waals surface area contributed by atoms with Crippen LogP contribution in [0, 0.1) is 6.92 Å². The van der Waals surface area contributed by atoms with Gasteiger partial charge in [0, 0.05) is 31.1 Å². The van der Waals surface area contributed by atoms with Crippen LogP contribution in [0.25, 0.3) is 0 Å². The van der Waals surface area contributed by atoms with Gasteiger partial charge < -0.3 is 9.84 Å². The number of hydrogen-bond donors (Lipinski definition) is 1. The van der Waals surface area contributed by atoms with Crippen LogP contribution in [-0.4, -0.2) is 26.7 Å². The van der Waals surface area contributed by atoms with E-state index < -0.39 is 0 Å². The fourth-order valence-electron chi connectivity index (χ4n) is 1.48. The highest BCUT2D eigenvalue weighted by molar-refractivity contribution is 5.35. The predicted octanol–water partition coefficient (Wildman–Crippen LogP) is 1.39. The van der Waals surface area contributed by atoms with Gasteiger partial charge in [0.05, 0.1) is 0 Å². The molecule has 0 aromatic carbocycles. The van der Waals surface area contributed by atoms with Crippen LogP contribution in [0.2, 0.25) is 0 Å². The van der Waals surface area contributed by atoms with Gasteiger partial charge in [-0.15, -0.1) is 0 Å². The quantitative estimate of drug-likeness (QED) is 0.840. The second-order valence-electron chi connectivity index (χ2n) is 3.68. The molecule has 2 heterocycles. The van der Waals surface area contributed by atoms with Gasteiger partial charge in [-0.3, -0.25) is 0 Å². The van der Waals surface area contributed by atoms with Crippen LogP contribution in [0.4, 0.5) is 5.82 Å². The molecule has 0 aliphatic heterocycles. The molecular weight excluding hydrogens is 218 g/mol. The van der Waals surface area contributed by atoms with E-state index in [1.54, 1.807) is 0 Å². The van der Waals surface area contributed by atoms with Gasteiger partial charge in [-0.2, -0.15) is 4.98 Å². The van der Waals surface area contributed by atoms with Crippen molar-refractivity contribution in [2.24, 2.45) is 0 Å². The smallest absolute Gasteiger partial charge is 0.228 e. The number of anilines is 1. The molecule has 2 aromatic rings. The molecule has 17 heavy (non-hydrogen) atoms. The molecule has 6 heteroatoms. The van der Waals surface area contributed by atoms with Crippen LogP contribution < -0.4 is 5.32 Å². The first-order valence-electron chi connectivity index (χ1n) is 5.62. The molecule has 0 aliphatic rings. The van der Waals surface area contributed by atoms with Crippen molar-refractivity contribution >= 4 is 5.82 Å². The highest BCUT2D eigenvalue weighted by Gasteiger charge is 2.02. The Bertz CT molecular complexity index is 469. The molecule has 6 nitrogen and oxygen atoms in total. The summed E-state index contributed by atoms with van der Waals surface area (Å²) in [6.45, 7) is 4.71. The number of aryl methyl sites for hydroxylation is 2. The van der Waals surface area contributed by atoms with E-state index in [0.717, 1.165) is 23.8 Å². The summed E-state index contributed by atoms with van der Waals surface area (Å²) in [5.74, 6) is 2.32. The lowest BCUT2D eigenvalue weighted by Crippen LogP contribution is -2.08. The SMILES string of the molecule is CCc1nc(C)cc(NCCc2ncno2)n1. The Morgan fingerprint density at radius 1 is 1.35 bits per heavy atom. The van der Waals surface area contributed by atoms with Crippen molar-refractivity contribution in [2.75, 3.05) is 11.9 Å². The number of rotatable bonds is 5. The fraction of sp³-hybridized carbons (Fsp3) is 0.455. The largest absolute Gasteiger partial charge is 0.369 e. The van der Waals surface area contributed by atoms with Crippen LogP contribution in [0.15, 0.2) is 16.9 Å². The number of nitrogens with zero attached hydrogens (tertiary/aromatic N) is 4. The zero-order valence-electron chi connectivity index (χ0n) is 9.97. The van der Waals surface area contributed by atoms with Gasteiger partial charge in [0.1, 0.15) is 11.6 Å². The molecular formula is C11H15N5O. The molecule has 2 aromatic heterocycles. The average molecular weight is 233 g/mol. The van der Waals surface area contributed by atoms with Crippen LogP contribution >= 0.6 is 0 Å². The van der Waals surface area contributed by atoms with Crippen molar-refractivity contribution in [2.45, 2.75) is 26.7 Å². The average Bonchev–Trinajstić information content (AvgIpc) is 2.81. The standard InChI is InChI=1S/C11H15N5O/c1-3-9-15-8(2)6-10(16-9)12-5-4-11-13-7-14-17-11/h6-7H,3-5H2,1-2H3,(H,12,15,16). The van der Waals surface area contributed by atoms with Crippen LogP contribution in [-0.2, 0) is 12.8 Å². The second-order valence-corrected chi connectivity index (χ2v) is 3.68. The third-order valence-electron chi connectivity index (χ3n) is 2.27. The highest BCUT2D eigenvalue weighted by Crippen LogP contribution is 2.06. The molecule has 0 saturated heterocycles. The molecule has 0 saturated carbocycles. The Morgan fingerprint density at radius 2 is 2.24 bits per heavy atom. The third kappa shape index (κ3) is 3.24. The summed E-state index contributed by atoms with van der Waals surface area (Å²) in [7, 11) is 0. The predicted molar refractivity (Wildman–Crippen MR) is 62.6 cm³/mol. The van der Waals surface area contributed by atoms with Crippen molar-refractivity contribution in [1.82, 2.24) is 20.1 Å². The Kier molecular flexibility index (Phi) is 3.64. The van der Waals surface area contributed by atoms with Gasteiger partial charge in [0.15, 0.2) is 6.33 Å². The van der Waals surface area contributed by atoms with Gasteiger partial charge in [-0.1, -0.05) is 12.1 Å². The molecule has 90 valence electrons. The first kappa shape index (κ1) is 11.5. The van der Waals surface area contributed by atoms with Gasteiger partial charge >= 0.3 is 0 Å². The van der Waals surface area contributed by atoms with E-state index in [1.165, 1.54) is 6.33 Å². The van der Waals surface area contributed by atoms with Crippen molar-refractivity contribution in [1.29, 1.82) is 0 Å². The van der Waals surface area contributed by atoms with E-state index in [0.29, 0.717) is 18.9 Å². The Hall–Kier alpha value is -1.98. The van der Waals surface area contributed by atoms with E-state index in [4.69, 9.17) is 4.52 Å². The van der Waals surface area contributed by atoms with E-state index in [1.807, 2.05) is 19.9 Å². The van der Waals surface area contributed by atoms with Crippen molar-refractivity contribution < 1.29 is 4.52 Å². The Morgan fingerprint density at radius 3 is 2.94 bits per heavy atom. The maximum Gasteiger partial charge on any atom is 0.228 e. The molecule has 0 aliphatic carbocycles. The summed E-state index contributed by atoms with van der Waals surface area (Å²) in [6, 6.07) is 1.92. The Balaban J connectivity index is 1.92. The topological polar surface area (TPSA) is 76.7 Å². The number of nitrogens with one attached hydrogen (secondary N) is 1. The van der Waals surface area contributed by atoms with Crippen LogP contribution in [0.3, 0.4) is 0 Å². The molecule has 0 spiro atoms. The molecule has 2 rings (SSSR count). The zero-order valence-corrected chi connectivity index (χ0v) is 9.97. The Labute approximate surface area is 99.5 Å². The summed E-state index contributed by atoms with van der Waals surface area (Å²) in [6.07, 6.45) is 2.92. The van der Waals surface area contributed by atoms with E-state index in [2.05, 4.69) is 25.4 Å². The van der Waals surface area contributed by atoms with Crippen molar-refractivity contribution in [3.05, 3.63) is 29.8 Å². The molecule has 0 bridgehead atoms. The maximum atomic E-state index is 4.91. The van der Waals surface area contributed by atoms with Crippen molar-refractivity contribution in [3.8, 4) is 0 Å². The van der Waals surface area contributed by atoms with E-state index in [9.17, 15) is 0 Å². The lowest BCUT2D eigenvalue weighted by Gasteiger charge is -2.06. The minimum absolute atomic E-state index is 0.624. The van der Waals surface area contributed by atoms with Gasteiger partial charge in [-0.25, -0.2) is 9.97 Å². The summed E-state index contributed by atoms with van der Waals surface area (Å²) >= 11 is 0. The van der Waals surface area contributed by atoms with Crippen LogP contribution in [0.1, 0.15) is 24.3 Å². The number of hydrogen-bond acceptors (Lipinski definition) is 6. The van der Waals surface area contributed by atoms with Gasteiger partial charge in [0.25, 0.3) is 0 Å². The first-order valence-corrected chi connectivity index (χ1v) is 5.62. The normalized spacial score (nSPS) is 10.5. The molecule has 1 N–H and O–H groups in total. The molecule has 0 unspecified atom stereocenters. The number of aromatic nitrogens is 4. The van der Waals surface area contributed by atoms with Gasteiger partial charge in [0.2, 0.25) is 5.89 Å². The summed E-state index contributed by atoms with van der Waals surface area (Å²) in [5, 5.41) is 6.77. The third-order valence-corrected chi connectivity index (χ3v) is 2.27. The molecule has 0 radical (unpaired) electrons. The molecule has 0 amide bonds. The summed E-state index contributed by atoms with van der Waals surface area (Å²) < 4.78 is 4.91. The lowest BCUT2D eigenvalue weighted by atomic mass is 10.3. The summed E-state index contributed by atoms with van der Waals surface area (Å²) in [4.78, 5) is 12.6. The van der Waals surface area contributed by atoms with E-state index in [-0.39, 0.29) is 0 Å². The highest BCUT2D eigenvalue weighted by atomic mass is 16.5. The van der Waals surface area contributed by atoms with Gasteiger partial charge in [-0.05, 0) is 6.92 Å². The minimum atomic E-state index is 0.624. The van der Waals surface area contributed by atoms with Crippen molar-refractivity contribution in [3.63, 3.8) is 0 Å². The monoisotopic (exact) mass is 233 g/mol. The maximum absolute atomic E-state index is 4.91. The van der Waals surface area contributed by atoms with E-state index >= 15 is 0 Å². The minimum Gasteiger partial charge on any atom is -0.369 e. The van der Waals surface area contributed by atoms with Crippen LogP contribution in [0.5, 0.6) is 0 Å². The summed E-state index contributed by atoms with van der Waals surface area (Å²) in [5.41, 5.74) is 0.970. The zero-order chi connectivity index (χ0) is 12.1.